The Morgan fingerprint density at radius 2 is 1.79 bits per heavy atom. The summed E-state index contributed by atoms with van der Waals surface area (Å²) in [5.74, 6) is 1.08. The van der Waals surface area contributed by atoms with E-state index in [0.29, 0.717) is 5.92 Å². The fourth-order valence-corrected chi connectivity index (χ4v) is 2.18. The van der Waals surface area contributed by atoms with Gasteiger partial charge < -0.3 is 10.6 Å². The predicted octanol–water partition coefficient (Wildman–Crippen LogP) is 3.34. The van der Waals surface area contributed by atoms with Crippen molar-refractivity contribution in [3.05, 3.63) is 0 Å². The highest BCUT2D eigenvalue weighted by molar-refractivity contribution is 5.86. The van der Waals surface area contributed by atoms with Gasteiger partial charge in [0.2, 0.25) is 5.91 Å². The first kappa shape index (κ1) is 18.4. The van der Waals surface area contributed by atoms with Crippen LogP contribution < -0.4 is 10.6 Å². The van der Waals surface area contributed by atoms with Gasteiger partial charge in [-0.2, -0.15) is 0 Å². The molecule has 0 aromatic rings. The Morgan fingerprint density at radius 1 is 1.16 bits per heavy atom. The van der Waals surface area contributed by atoms with Gasteiger partial charge in [0.05, 0.1) is 5.54 Å². The molecule has 0 fully saturated rings. The van der Waals surface area contributed by atoms with Gasteiger partial charge >= 0.3 is 0 Å². The van der Waals surface area contributed by atoms with Crippen molar-refractivity contribution in [1.29, 1.82) is 0 Å². The van der Waals surface area contributed by atoms with Gasteiger partial charge in [0.25, 0.3) is 0 Å². The van der Waals surface area contributed by atoms with Crippen LogP contribution in [0.2, 0.25) is 0 Å². The summed E-state index contributed by atoms with van der Waals surface area (Å²) in [6.07, 6.45) is 4.59. The molecule has 0 aliphatic heterocycles. The Labute approximate surface area is 119 Å². The minimum atomic E-state index is -0.462. The Balaban J connectivity index is 4.57. The van der Waals surface area contributed by atoms with Crippen molar-refractivity contribution in [1.82, 2.24) is 10.6 Å². The SMILES string of the molecule is CCCNC(=O)C(C)(NCC(CC)CCC)C(C)C. The maximum absolute atomic E-state index is 12.4. The average molecular weight is 270 g/mol. The molecule has 0 aliphatic rings. The number of carbonyl (C=O) groups is 1. The molecule has 114 valence electrons. The van der Waals surface area contributed by atoms with Gasteiger partial charge in [-0.25, -0.2) is 0 Å². The van der Waals surface area contributed by atoms with Crippen LogP contribution in [0.5, 0.6) is 0 Å². The predicted molar refractivity (Wildman–Crippen MR) is 83.2 cm³/mol. The van der Waals surface area contributed by atoms with Crippen molar-refractivity contribution in [3.8, 4) is 0 Å². The molecule has 0 radical (unpaired) electrons. The Bertz CT molecular complexity index is 253. The van der Waals surface area contributed by atoms with Crippen LogP contribution in [-0.2, 0) is 4.79 Å². The zero-order valence-electron chi connectivity index (χ0n) is 13.8. The van der Waals surface area contributed by atoms with Gasteiger partial charge in [-0.3, -0.25) is 4.79 Å². The summed E-state index contributed by atoms with van der Waals surface area (Å²) in [4.78, 5) is 12.4. The lowest BCUT2D eigenvalue weighted by atomic mass is 9.86. The molecule has 3 nitrogen and oxygen atoms in total. The fourth-order valence-electron chi connectivity index (χ4n) is 2.18. The lowest BCUT2D eigenvalue weighted by molar-refractivity contribution is -0.128. The van der Waals surface area contributed by atoms with Gasteiger partial charge in [-0.15, -0.1) is 0 Å². The number of nitrogens with one attached hydrogen (secondary N) is 2. The number of amides is 1. The number of carbonyl (C=O) groups excluding carboxylic acids is 1. The van der Waals surface area contributed by atoms with E-state index in [1.54, 1.807) is 0 Å². The summed E-state index contributed by atoms with van der Waals surface area (Å²) in [6.45, 7) is 14.5. The molecule has 0 heterocycles. The van der Waals surface area contributed by atoms with Crippen LogP contribution in [0, 0.1) is 11.8 Å². The smallest absolute Gasteiger partial charge is 0.240 e. The molecule has 2 unspecified atom stereocenters. The molecule has 0 rings (SSSR count). The lowest BCUT2D eigenvalue weighted by Gasteiger charge is -2.35. The van der Waals surface area contributed by atoms with E-state index in [9.17, 15) is 4.79 Å². The Kier molecular flexibility index (Phi) is 9.07. The third kappa shape index (κ3) is 5.94. The molecular weight excluding hydrogens is 236 g/mol. The van der Waals surface area contributed by atoms with Gasteiger partial charge in [0.15, 0.2) is 0 Å². The van der Waals surface area contributed by atoms with Crippen molar-refractivity contribution < 1.29 is 4.79 Å². The van der Waals surface area contributed by atoms with E-state index < -0.39 is 5.54 Å². The molecule has 1 amide bonds. The van der Waals surface area contributed by atoms with E-state index in [0.717, 1.165) is 19.5 Å². The van der Waals surface area contributed by atoms with Crippen LogP contribution in [0.3, 0.4) is 0 Å². The summed E-state index contributed by atoms with van der Waals surface area (Å²) < 4.78 is 0. The minimum absolute atomic E-state index is 0.135. The minimum Gasteiger partial charge on any atom is -0.355 e. The van der Waals surface area contributed by atoms with Crippen molar-refractivity contribution in [2.24, 2.45) is 11.8 Å². The molecule has 3 heteroatoms. The average Bonchev–Trinajstić information content (AvgIpc) is 2.39. The maximum atomic E-state index is 12.4. The standard InChI is InChI=1S/C16H34N2O/c1-7-10-14(9-3)12-18-16(6,13(4)5)15(19)17-11-8-2/h13-14,18H,7-12H2,1-6H3,(H,17,19). The van der Waals surface area contributed by atoms with E-state index >= 15 is 0 Å². The van der Waals surface area contributed by atoms with E-state index in [-0.39, 0.29) is 11.8 Å². The van der Waals surface area contributed by atoms with Crippen LogP contribution in [0.4, 0.5) is 0 Å². The van der Waals surface area contributed by atoms with Crippen LogP contribution in [0.15, 0.2) is 0 Å². The maximum Gasteiger partial charge on any atom is 0.240 e. The fraction of sp³-hybridized carbons (Fsp3) is 0.938. The second-order valence-corrected chi connectivity index (χ2v) is 6.06. The first-order valence-corrected chi connectivity index (χ1v) is 7.95. The quantitative estimate of drug-likeness (QED) is 0.639. The Morgan fingerprint density at radius 3 is 2.21 bits per heavy atom. The zero-order chi connectivity index (χ0) is 14.9. The van der Waals surface area contributed by atoms with Crippen LogP contribution >= 0.6 is 0 Å². The summed E-state index contributed by atoms with van der Waals surface area (Å²) >= 11 is 0. The highest BCUT2D eigenvalue weighted by Gasteiger charge is 2.36. The van der Waals surface area contributed by atoms with Crippen molar-refractivity contribution in [3.63, 3.8) is 0 Å². The highest BCUT2D eigenvalue weighted by Crippen LogP contribution is 2.19. The molecule has 19 heavy (non-hydrogen) atoms. The van der Waals surface area contributed by atoms with Crippen molar-refractivity contribution in [2.45, 2.75) is 72.8 Å². The number of hydrogen-bond donors (Lipinski definition) is 2. The third-order valence-corrected chi connectivity index (χ3v) is 4.19. The summed E-state index contributed by atoms with van der Waals surface area (Å²) in [6, 6.07) is 0. The Hall–Kier alpha value is -0.570. The highest BCUT2D eigenvalue weighted by atomic mass is 16.2. The molecular formula is C16H34N2O. The van der Waals surface area contributed by atoms with Gasteiger partial charge in [-0.1, -0.05) is 47.5 Å². The number of rotatable bonds is 10. The lowest BCUT2D eigenvalue weighted by Crippen LogP contribution is -2.59. The molecule has 0 aromatic carbocycles. The monoisotopic (exact) mass is 270 g/mol. The van der Waals surface area contributed by atoms with Gasteiger partial charge in [0, 0.05) is 6.54 Å². The molecule has 0 saturated heterocycles. The molecule has 0 spiro atoms. The van der Waals surface area contributed by atoms with Gasteiger partial charge in [0.1, 0.15) is 0 Å². The van der Waals surface area contributed by atoms with Crippen LogP contribution in [0.1, 0.15) is 67.2 Å². The normalized spacial score (nSPS) is 16.2. The molecule has 0 aliphatic carbocycles. The summed E-state index contributed by atoms with van der Waals surface area (Å²) in [5.41, 5.74) is -0.462. The summed E-state index contributed by atoms with van der Waals surface area (Å²) in [5, 5.41) is 6.55. The molecule has 2 atom stereocenters. The summed E-state index contributed by atoms with van der Waals surface area (Å²) in [7, 11) is 0. The van der Waals surface area contributed by atoms with Crippen LogP contribution in [0.25, 0.3) is 0 Å². The molecule has 0 bridgehead atoms. The second-order valence-electron chi connectivity index (χ2n) is 6.06. The second kappa shape index (κ2) is 9.35. The van der Waals surface area contributed by atoms with E-state index in [1.165, 1.54) is 19.3 Å². The number of hydrogen-bond acceptors (Lipinski definition) is 2. The first-order chi connectivity index (χ1) is 8.92. The topological polar surface area (TPSA) is 41.1 Å². The van der Waals surface area contributed by atoms with E-state index in [2.05, 4.69) is 45.3 Å². The van der Waals surface area contributed by atoms with Gasteiger partial charge in [-0.05, 0) is 38.1 Å². The third-order valence-electron chi connectivity index (χ3n) is 4.19. The molecule has 2 N–H and O–H groups in total. The van der Waals surface area contributed by atoms with Crippen molar-refractivity contribution in [2.75, 3.05) is 13.1 Å². The van der Waals surface area contributed by atoms with Crippen molar-refractivity contribution >= 4 is 5.91 Å². The van der Waals surface area contributed by atoms with Crippen LogP contribution in [-0.4, -0.2) is 24.5 Å². The largest absolute Gasteiger partial charge is 0.355 e. The first-order valence-electron chi connectivity index (χ1n) is 7.95. The molecule has 0 aromatic heterocycles. The molecule has 0 saturated carbocycles. The zero-order valence-corrected chi connectivity index (χ0v) is 13.8. The van der Waals surface area contributed by atoms with E-state index in [1.807, 2.05) is 6.92 Å². The van der Waals surface area contributed by atoms with E-state index in [4.69, 9.17) is 0 Å².